The number of carboxylic acid groups (broad SMARTS) is 2. The standard InChI is InChI=1S/C33H24Cl4F6N2O9.C31H24Cl4N2O9/c34-23-9-10-24(35)22(14-52-49)21(23)13-51-45-18-3-7-20(8-4-18)54-53-16-31(32(38,39)40,33(41,42)43)15-50-19-5-1-17(2-6-19)44-29(46)27-25(36)11-12-26(37)28(27)30(47)48;1-17(14-42-20-6-2-18(3-7-20)36-30(38)28-26(34)12-13-27(35)29(28)31(39)40)45-46-21-8-4-19(5-9-21)37-43-15-22-23(16-44-41)25(33)11-10-24(22)32/h1-12,45,49H,13-16H2,(H,44,46)(H,47,48);2-13,37,41H,1,14-16H2,(H,36,38)(H,39,40). The normalized spacial score (nSPS) is 11.4. The molecule has 36 heteroatoms. The Bertz CT molecular complexity index is 4200. The van der Waals surface area contributed by atoms with Crippen molar-refractivity contribution in [1.29, 1.82) is 0 Å². The van der Waals surface area contributed by atoms with E-state index in [9.17, 15) is 55.7 Å². The molecule has 0 saturated carbocycles. The third kappa shape index (κ3) is 21.1. The van der Waals surface area contributed by atoms with Crippen molar-refractivity contribution in [2.24, 2.45) is 5.41 Å². The van der Waals surface area contributed by atoms with Crippen LogP contribution < -0.4 is 40.8 Å². The van der Waals surface area contributed by atoms with E-state index in [1.807, 2.05) is 0 Å². The number of rotatable bonds is 31. The number of hydrogen-bond acceptors (Lipinski definition) is 18. The van der Waals surface area contributed by atoms with Crippen LogP contribution in [0.2, 0.25) is 40.2 Å². The molecule has 100 heavy (non-hydrogen) atoms. The number of amides is 2. The van der Waals surface area contributed by atoms with Crippen molar-refractivity contribution in [2.75, 3.05) is 41.4 Å². The minimum absolute atomic E-state index is 0.0438. The Hall–Kier alpha value is -8.40. The molecular weight excluding hydrogens is 1510 g/mol. The molecule has 0 aliphatic rings. The van der Waals surface area contributed by atoms with E-state index in [4.69, 9.17) is 137 Å². The lowest BCUT2D eigenvalue weighted by Crippen LogP contribution is -2.57. The van der Waals surface area contributed by atoms with Gasteiger partial charge in [0.05, 0.1) is 53.7 Å². The van der Waals surface area contributed by atoms with Gasteiger partial charge in [-0.3, -0.25) is 50.5 Å². The monoisotopic (exact) mass is 1550 g/mol. The van der Waals surface area contributed by atoms with Gasteiger partial charge in [0.25, 0.3) is 11.8 Å². The summed E-state index contributed by atoms with van der Waals surface area (Å²) in [4.78, 5) is 87.7. The van der Waals surface area contributed by atoms with E-state index in [1.54, 1.807) is 60.7 Å². The molecule has 0 aliphatic carbocycles. The van der Waals surface area contributed by atoms with Gasteiger partial charge < -0.3 is 35.2 Å². The smallest absolute Gasteiger partial charge is 0.408 e. The van der Waals surface area contributed by atoms with E-state index < -0.39 is 77.2 Å². The van der Waals surface area contributed by atoms with Crippen LogP contribution in [-0.4, -0.2) is 76.7 Å². The molecule has 2 amide bonds. The second-order valence-electron chi connectivity index (χ2n) is 20.2. The second-order valence-corrected chi connectivity index (χ2v) is 23.4. The number of carbonyl (C=O) groups excluding carboxylic acids is 2. The highest BCUT2D eigenvalue weighted by molar-refractivity contribution is 6.40. The van der Waals surface area contributed by atoms with Crippen molar-refractivity contribution in [3.63, 3.8) is 0 Å². The maximum absolute atomic E-state index is 14.1. The fourth-order valence-corrected chi connectivity index (χ4v) is 10.3. The molecule has 0 saturated heterocycles. The third-order valence-corrected chi connectivity index (χ3v) is 16.2. The van der Waals surface area contributed by atoms with Gasteiger partial charge in [0.15, 0.2) is 17.3 Å². The lowest BCUT2D eigenvalue weighted by Gasteiger charge is -2.35. The lowest BCUT2D eigenvalue weighted by atomic mass is 9.88. The first kappa shape index (κ1) is 78.9. The summed E-state index contributed by atoms with van der Waals surface area (Å²) >= 11 is 48.6. The summed E-state index contributed by atoms with van der Waals surface area (Å²) in [6.45, 7) is -0.888. The summed E-state index contributed by atoms with van der Waals surface area (Å²) in [5.41, 5.74) is 2.03. The topological polar surface area (TPSA) is 290 Å². The number of anilines is 4. The van der Waals surface area contributed by atoms with Gasteiger partial charge in [0.2, 0.25) is 5.41 Å². The van der Waals surface area contributed by atoms with Gasteiger partial charge in [0, 0.05) is 53.7 Å². The van der Waals surface area contributed by atoms with Crippen LogP contribution in [0.4, 0.5) is 49.1 Å². The van der Waals surface area contributed by atoms with Crippen molar-refractivity contribution in [1.82, 2.24) is 0 Å². The van der Waals surface area contributed by atoms with Crippen LogP contribution in [0.25, 0.3) is 0 Å². The Kier molecular flexibility index (Phi) is 28.6. The van der Waals surface area contributed by atoms with Gasteiger partial charge in [-0.1, -0.05) is 99.4 Å². The Balaban J connectivity index is 0.000000284. The average molecular weight is 1560 g/mol. The summed E-state index contributed by atoms with van der Waals surface area (Å²) in [5, 5.41) is 42.0. The fourth-order valence-electron chi connectivity index (χ4n) is 8.42. The largest absolute Gasteiger partial charge is 0.492 e. The lowest BCUT2D eigenvalue weighted by molar-refractivity contribution is -0.382. The van der Waals surface area contributed by atoms with Gasteiger partial charge >= 0.3 is 24.3 Å². The number of ether oxygens (including phenoxy) is 2. The van der Waals surface area contributed by atoms with E-state index in [-0.39, 0.29) is 91.6 Å². The van der Waals surface area contributed by atoms with Crippen molar-refractivity contribution < 1.29 is 115 Å². The first-order valence-corrected chi connectivity index (χ1v) is 30.8. The van der Waals surface area contributed by atoms with Crippen molar-refractivity contribution >= 4 is 139 Å². The summed E-state index contributed by atoms with van der Waals surface area (Å²) < 4.78 is 95.3. The van der Waals surface area contributed by atoms with Crippen LogP contribution >= 0.6 is 92.8 Å². The van der Waals surface area contributed by atoms with Gasteiger partial charge in [-0.15, -0.1) is 0 Å². The Morgan fingerprint density at radius 2 is 0.720 bits per heavy atom. The molecule has 8 N–H and O–H groups in total. The molecule has 8 rings (SSSR count). The molecule has 0 atom stereocenters. The average Bonchev–Trinajstić information content (AvgIpc) is 0.756. The molecular formula is C64H48Cl8F6N4O18. The summed E-state index contributed by atoms with van der Waals surface area (Å²) in [6, 6.07) is 33.1. The zero-order chi connectivity index (χ0) is 73.1. The summed E-state index contributed by atoms with van der Waals surface area (Å²) in [7, 11) is 0. The van der Waals surface area contributed by atoms with Crippen molar-refractivity contribution in [2.45, 2.75) is 38.8 Å². The van der Waals surface area contributed by atoms with E-state index >= 15 is 0 Å². The highest BCUT2D eigenvalue weighted by Gasteiger charge is 2.72. The maximum atomic E-state index is 14.1. The molecule has 8 aromatic carbocycles. The molecule has 0 unspecified atom stereocenters. The number of benzene rings is 8. The van der Waals surface area contributed by atoms with E-state index in [2.05, 4.69) is 42.8 Å². The van der Waals surface area contributed by atoms with Crippen LogP contribution in [-0.2, 0) is 55.7 Å². The predicted molar refractivity (Wildman–Crippen MR) is 356 cm³/mol. The number of halogens is 14. The minimum atomic E-state index is -5.94. The Morgan fingerprint density at radius 3 is 1.08 bits per heavy atom. The van der Waals surface area contributed by atoms with Gasteiger partial charge in [-0.25, -0.2) is 19.4 Å². The second kappa shape index (κ2) is 36.3. The highest BCUT2D eigenvalue weighted by Crippen LogP contribution is 2.51. The number of carbonyl (C=O) groups is 4. The van der Waals surface area contributed by atoms with Crippen LogP contribution in [0.3, 0.4) is 0 Å². The summed E-state index contributed by atoms with van der Waals surface area (Å²) in [5.74, 6) is -4.44. The first-order valence-electron chi connectivity index (χ1n) is 27.8. The molecule has 22 nitrogen and oxygen atoms in total. The number of alkyl halides is 6. The molecule has 0 heterocycles. The third-order valence-electron chi connectivity index (χ3n) is 13.6. The molecule has 530 valence electrons. The van der Waals surface area contributed by atoms with Gasteiger partial charge in [-0.05, 0) is 146 Å². The molecule has 0 radical (unpaired) electrons. The van der Waals surface area contributed by atoms with Crippen molar-refractivity contribution in [3.8, 4) is 23.0 Å². The molecule has 0 aliphatic heterocycles. The van der Waals surface area contributed by atoms with E-state index in [1.165, 1.54) is 42.5 Å². The maximum Gasteiger partial charge on any atom is 0.408 e. The number of aromatic carboxylic acids is 2. The van der Waals surface area contributed by atoms with Crippen LogP contribution in [0.5, 0.6) is 23.0 Å². The fraction of sp³-hybridized carbons (Fsp3) is 0.156. The Labute approximate surface area is 601 Å². The molecule has 0 spiro atoms. The zero-order valence-corrected chi connectivity index (χ0v) is 56.4. The summed E-state index contributed by atoms with van der Waals surface area (Å²) in [6.07, 6.45) is -11.9. The SMILES string of the molecule is C=C(COc1ccc(NC(=O)c2c(Cl)ccc(Cl)c2C(=O)O)cc1)OOc1ccc(NOCc2c(Cl)ccc(Cl)c2COO)cc1.O=C(O)c1c(Cl)ccc(Cl)c1C(=O)Nc1ccc(OCC(COOc2ccc(NOCc3c(Cl)ccc(Cl)c3COO)cc2)(C(F)(F)F)C(F)(F)F)cc1. The van der Waals surface area contributed by atoms with Crippen molar-refractivity contribution in [3.05, 3.63) is 243 Å². The molecule has 0 aromatic heterocycles. The van der Waals surface area contributed by atoms with Crippen LogP contribution in [0.1, 0.15) is 63.7 Å². The molecule has 8 aromatic rings. The van der Waals surface area contributed by atoms with E-state index in [0.717, 1.165) is 42.5 Å². The minimum Gasteiger partial charge on any atom is -0.492 e. The number of carboxylic acids is 2. The van der Waals surface area contributed by atoms with Crippen LogP contribution in [0, 0.1) is 5.41 Å². The Morgan fingerprint density at radius 1 is 0.400 bits per heavy atom. The first-order chi connectivity index (χ1) is 47.4. The van der Waals surface area contributed by atoms with Gasteiger partial charge in [0.1, 0.15) is 57.7 Å². The number of hydrogen-bond donors (Lipinski definition) is 8. The number of nitrogens with one attached hydrogen (secondary N) is 4. The predicted octanol–water partition coefficient (Wildman–Crippen LogP) is 19.0. The van der Waals surface area contributed by atoms with E-state index in [0.29, 0.717) is 55.2 Å². The molecule has 0 bridgehead atoms. The quantitative estimate of drug-likeness (QED) is 0.00867. The zero-order valence-electron chi connectivity index (χ0n) is 50.3. The van der Waals surface area contributed by atoms with Crippen LogP contribution in [0.15, 0.2) is 158 Å². The molecule has 0 fully saturated rings. The highest BCUT2D eigenvalue weighted by atomic mass is 35.5. The van der Waals surface area contributed by atoms with Gasteiger partial charge in [-0.2, -0.15) is 31.2 Å².